The van der Waals surface area contributed by atoms with E-state index in [1.165, 1.54) is 11.3 Å². The fraction of sp³-hybridized carbons (Fsp3) is 0.458. The molecule has 5 nitrogen and oxygen atoms in total. The van der Waals surface area contributed by atoms with Crippen molar-refractivity contribution < 1.29 is 27.6 Å². The molecule has 1 unspecified atom stereocenters. The quantitative estimate of drug-likeness (QED) is 0.276. The van der Waals surface area contributed by atoms with E-state index in [9.17, 15) is 22.8 Å². The number of thiophene rings is 1. The molecule has 1 atom stereocenters. The highest BCUT2D eigenvalue weighted by Crippen LogP contribution is 2.44. The van der Waals surface area contributed by atoms with Gasteiger partial charge < -0.3 is 10.2 Å². The van der Waals surface area contributed by atoms with Crippen LogP contribution in [-0.2, 0) is 28.1 Å². The Balaban J connectivity index is 1.53. The van der Waals surface area contributed by atoms with Gasteiger partial charge in [0.2, 0.25) is 5.91 Å². The molecule has 194 valence electrons. The maximum absolute atomic E-state index is 13.0. The summed E-state index contributed by atoms with van der Waals surface area (Å²) < 4.78 is 37.0. The van der Waals surface area contributed by atoms with Crippen molar-refractivity contribution in [2.75, 3.05) is 6.54 Å². The van der Waals surface area contributed by atoms with Gasteiger partial charge in [0, 0.05) is 24.8 Å². The number of ketones is 1. The van der Waals surface area contributed by atoms with E-state index in [0.717, 1.165) is 41.7 Å². The zero-order valence-corrected chi connectivity index (χ0v) is 22.2. The van der Waals surface area contributed by atoms with Crippen molar-refractivity contribution in [1.82, 2.24) is 5.32 Å². The molecule has 1 aliphatic carbocycles. The van der Waals surface area contributed by atoms with Gasteiger partial charge in [-0.25, -0.2) is 0 Å². The minimum atomic E-state index is -4.50. The lowest BCUT2D eigenvalue weighted by Crippen LogP contribution is -2.33. The van der Waals surface area contributed by atoms with Crippen LogP contribution in [0.15, 0.2) is 17.3 Å². The van der Waals surface area contributed by atoms with E-state index in [1.807, 2.05) is 6.92 Å². The summed E-state index contributed by atoms with van der Waals surface area (Å²) in [4.78, 5) is 32.0. The molecule has 1 aromatic heterocycles. The second-order valence-electron chi connectivity index (χ2n) is 9.03. The smallest absolute Gasteiger partial charge is 0.384 e. The van der Waals surface area contributed by atoms with Gasteiger partial charge in [-0.1, -0.05) is 40.0 Å². The van der Waals surface area contributed by atoms with Crippen LogP contribution in [-0.4, -0.2) is 30.1 Å². The van der Waals surface area contributed by atoms with E-state index in [0.29, 0.717) is 32.6 Å². The van der Waals surface area contributed by atoms with Gasteiger partial charge >= 0.3 is 6.18 Å². The van der Waals surface area contributed by atoms with Gasteiger partial charge in [0.15, 0.2) is 11.4 Å². The van der Waals surface area contributed by atoms with Gasteiger partial charge in [0.05, 0.1) is 24.8 Å². The number of nitrogens with zero attached hydrogens (tertiary/aromatic N) is 1. The summed E-state index contributed by atoms with van der Waals surface area (Å²) in [5.41, 5.74) is 2.57. The maximum atomic E-state index is 13.0. The van der Waals surface area contributed by atoms with Crippen molar-refractivity contribution in [1.29, 1.82) is 0 Å². The molecule has 4 rings (SSSR count). The molecule has 0 saturated carbocycles. The zero-order chi connectivity index (χ0) is 26.3. The van der Waals surface area contributed by atoms with Crippen LogP contribution in [0.1, 0.15) is 70.3 Å². The third-order valence-corrected chi connectivity index (χ3v) is 8.82. The highest BCUT2D eigenvalue weighted by atomic mass is 35.5. The number of alkyl halides is 3. The Bertz CT molecular complexity index is 1220. The number of nitrogens with one attached hydrogen (secondary N) is 1. The summed E-state index contributed by atoms with van der Waals surface area (Å²) in [5, 5.41) is 7.01. The molecule has 1 N–H and O–H groups in total. The van der Waals surface area contributed by atoms with Crippen molar-refractivity contribution in [2.24, 2.45) is 5.16 Å². The summed E-state index contributed by atoms with van der Waals surface area (Å²) in [5.74, 6) is -1.07. The zero-order valence-electron chi connectivity index (χ0n) is 19.2. The Labute approximate surface area is 224 Å². The number of carbonyl (C=O) groups excluding carboxylic acids is 2. The summed E-state index contributed by atoms with van der Waals surface area (Å²) in [6.45, 7) is 0.451. The van der Waals surface area contributed by atoms with Gasteiger partial charge in [-0.05, 0) is 55.9 Å². The first-order valence-electron chi connectivity index (χ1n) is 11.3. The maximum Gasteiger partial charge on any atom is 0.405 e. The number of oxime groups is 1. The van der Waals surface area contributed by atoms with E-state index in [-0.39, 0.29) is 23.6 Å². The molecule has 2 heterocycles. The lowest BCUT2D eigenvalue weighted by molar-refractivity contribution is -0.138. The Morgan fingerprint density at radius 2 is 1.75 bits per heavy atom. The molecule has 1 aliphatic heterocycles. The molecule has 0 radical (unpaired) electrons. The summed E-state index contributed by atoms with van der Waals surface area (Å²) >= 11 is 19.8. The molecule has 0 fully saturated rings. The molecule has 1 aromatic carbocycles. The Hall–Kier alpha value is -1.81. The van der Waals surface area contributed by atoms with Crippen LogP contribution in [0.25, 0.3) is 0 Å². The van der Waals surface area contributed by atoms with Crippen molar-refractivity contribution >= 4 is 63.5 Å². The third-order valence-electron chi connectivity index (χ3n) is 6.26. The van der Waals surface area contributed by atoms with E-state index in [4.69, 9.17) is 39.6 Å². The lowest BCUT2D eigenvalue weighted by Gasteiger charge is -2.23. The van der Waals surface area contributed by atoms with Gasteiger partial charge in [-0.2, -0.15) is 13.2 Å². The molecule has 2 aliphatic rings. The minimum Gasteiger partial charge on any atom is -0.384 e. The van der Waals surface area contributed by atoms with Gasteiger partial charge in [0.25, 0.3) is 0 Å². The molecule has 36 heavy (non-hydrogen) atoms. The Kier molecular flexibility index (Phi) is 7.95. The first-order valence-corrected chi connectivity index (χ1v) is 13.2. The second kappa shape index (κ2) is 10.5. The number of Topliss-reactive ketones (excluding diaryl/α,β-unsaturated/α-hetero) is 1. The van der Waals surface area contributed by atoms with Crippen LogP contribution >= 0.6 is 46.1 Å². The van der Waals surface area contributed by atoms with Crippen LogP contribution in [0, 0.1) is 0 Å². The third kappa shape index (κ3) is 5.85. The Morgan fingerprint density at radius 3 is 2.39 bits per heavy atom. The topological polar surface area (TPSA) is 67.8 Å². The van der Waals surface area contributed by atoms with Crippen molar-refractivity contribution in [3.8, 4) is 0 Å². The predicted octanol–water partition coefficient (Wildman–Crippen LogP) is 7.27. The van der Waals surface area contributed by atoms with Crippen molar-refractivity contribution in [2.45, 2.75) is 63.6 Å². The standard InChI is InChI=1S/C24H22Cl3F3N2O3S/c1-23(12-8-15(25)20(27)16(26)9-12)10-17(32-35-23)21-13-4-2-3-5-14(13)22(36-21)18(33)6-7-19(34)31-11-24(28,29)30/h8-9H,2-7,10-11H2,1H3,(H,31,34). The highest BCUT2D eigenvalue weighted by molar-refractivity contribution is 7.16. The normalized spacial score (nSPS) is 19.5. The molecule has 12 heteroatoms. The Morgan fingerprint density at radius 1 is 1.11 bits per heavy atom. The van der Waals surface area contributed by atoms with Crippen LogP contribution in [0.4, 0.5) is 13.2 Å². The molecule has 0 bridgehead atoms. The van der Waals surface area contributed by atoms with Crippen LogP contribution < -0.4 is 5.32 Å². The van der Waals surface area contributed by atoms with Crippen LogP contribution in [0.5, 0.6) is 0 Å². The van der Waals surface area contributed by atoms with E-state index < -0.39 is 24.2 Å². The minimum absolute atomic E-state index is 0.168. The number of amides is 1. The molecular weight excluding hydrogens is 560 g/mol. The van der Waals surface area contributed by atoms with Gasteiger partial charge in [-0.3, -0.25) is 9.59 Å². The second-order valence-corrected chi connectivity index (χ2v) is 11.2. The number of rotatable bonds is 7. The largest absolute Gasteiger partial charge is 0.405 e. The number of hydrogen-bond donors (Lipinski definition) is 1. The molecule has 0 saturated heterocycles. The monoisotopic (exact) mass is 580 g/mol. The number of fused-ring (bicyclic) bond motifs is 1. The average molecular weight is 582 g/mol. The predicted molar refractivity (Wildman–Crippen MR) is 135 cm³/mol. The highest BCUT2D eigenvalue weighted by Gasteiger charge is 2.40. The number of hydrogen-bond acceptors (Lipinski definition) is 5. The van der Waals surface area contributed by atoms with Crippen molar-refractivity contribution in [3.05, 3.63) is 53.6 Å². The molecule has 2 aromatic rings. The summed E-state index contributed by atoms with van der Waals surface area (Å²) in [6, 6.07) is 3.38. The fourth-order valence-electron chi connectivity index (χ4n) is 4.40. The van der Waals surface area contributed by atoms with Crippen molar-refractivity contribution in [3.63, 3.8) is 0 Å². The van der Waals surface area contributed by atoms with Gasteiger partial charge in [-0.15, -0.1) is 11.3 Å². The SMILES string of the molecule is CC1(c2cc(Cl)c(Cl)c(Cl)c2)CC(c2sc(C(=O)CCC(=O)NCC(F)(F)F)c3c2CCCC3)=NO1. The van der Waals surface area contributed by atoms with E-state index >= 15 is 0 Å². The number of carbonyl (C=O) groups is 2. The van der Waals surface area contributed by atoms with Crippen LogP contribution in [0.2, 0.25) is 15.1 Å². The summed E-state index contributed by atoms with van der Waals surface area (Å²) in [7, 11) is 0. The lowest BCUT2D eigenvalue weighted by atomic mass is 9.87. The first-order chi connectivity index (χ1) is 16.9. The molecular formula is C24H22Cl3F3N2O3S. The molecule has 1 amide bonds. The first kappa shape index (κ1) is 27.2. The fourth-order valence-corrected chi connectivity index (χ4v) is 6.34. The van der Waals surface area contributed by atoms with E-state index in [2.05, 4.69) is 5.16 Å². The average Bonchev–Trinajstić information content (AvgIpc) is 3.40. The molecule has 0 spiro atoms. The number of halogens is 6. The van der Waals surface area contributed by atoms with E-state index in [1.54, 1.807) is 17.4 Å². The summed E-state index contributed by atoms with van der Waals surface area (Å²) in [6.07, 6.45) is -1.15. The van der Waals surface area contributed by atoms with Gasteiger partial charge in [0.1, 0.15) is 12.3 Å². The number of benzene rings is 1. The van der Waals surface area contributed by atoms with Crippen LogP contribution in [0.3, 0.4) is 0 Å².